The maximum Gasteiger partial charge on any atom is 0.230 e. The molecule has 0 aliphatic heterocycles. The van der Waals surface area contributed by atoms with Crippen molar-refractivity contribution in [2.45, 2.75) is 37.9 Å². The van der Waals surface area contributed by atoms with Gasteiger partial charge in [0.15, 0.2) is 5.82 Å². The Labute approximate surface area is 133 Å². The Balaban J connectivity index is 1.90. The number of benzene rings is 1. The minimum atomic E-state index is -0.360. The van der Waals surface area contributed by atoms with Gasteiger partial charge in [-0.15, -0.1) is 5.10 Å². The van der Waals surface area contributed by atoms with Crippen molar-refractivity contribution in [1.82, 2.24) is 20.5 Å². The van der Waals surface area contributed by atoms with Crippen LogP contribution in [-0.4, -0.2) is 32.9 Å². The number of hydrogen-bond donors (Lipinski definition) is 2. The third kappa shape index (κ3) is 4.56. The number of aromatic amines is 1. The molecular weight excluding hydrogens is 303 g/mol. The normalized spacial score (nSPS) is 12.1. The summed E-state index contributed by atoms with van der Waals surface area (Å²) in [6.07, 6.45) is 1.98. The molecule has 118 valence electrons. The van der Waals surface area contributed by atoms with Crippen molar-refractivity contribution in [1.29, 1.82) is 0 Å². The first-order valence-corrected chi connectivity index (χ1v) is 8.18. The van der Waals surface area contributed by atoms with Gasteiger partial charge in [0.1, 0.15) is 5.82 Å². The van der Waals surface area contributed by atoms with Crippen LogP contribution in [0.1, 0.15) is 26.7 Å². The standard InChI is InChI=1S/C15H19FN4OS/c1-3-6-10(2)17-13(21)9-22-15-18-14(19-20-15)11-7-4-5-8-12(11)16/h4-5,7-8,10H,3,6,9H2,1-2H3,(H,17,21)(H,18,19,20)/t10-/m0/s1. The predicted molar refractivity (Wildman–Crippen MR) is 85.0 cm³/mol. The van der Waals surface area contributed by atoms with E-state index in [9.17, 15) is 9.18 Å². The third-order valence-electron chi connectivity index (χ3n) is 3.06. The largest absolute Gasteiger partial charge is 0.353 e. The van der Waals surface area contributed by atoms with Crippen LogP contribution < -0.4 is 5.32 Å². The van der Waals surface area contributed by atoms with Crippen molar-refractivity contribution < 1.29 is 9.18 Å². The first-order valence-electron chi connectivity index (χ1n) is 7.19. The van der Waals surface area contributed by atoms with Crippen LogP contribution in [0.3, 0.4) is 0 Å². The van der Waals surface area contributed by atoms with Crippen LogP contribution in [-0.2, 0) is 4.79 Å². The quantitative estimate of drug-likeness (QED) is 0.769. The fourth-order valence-corrected chi connectivity index (χ4v) is 2.65. The molecular formula is C15H19FN4OS. The zero-order valence-electron chi connectivity index (χ0n) is 12.6. The number of hydrogen-bond acceptors (Lipinski definition) is 4. The molecule has 1 heterocycles. The van der Waals surface area contributed by atoms with E-state index >= 15 is 0 Å². The van der Waals surface area contributed by atoms with Gasteiger partial charge < -0.3 is 5.32 Å². The lowest BCUT2D eigenvalue weighted by Crippen LogP contribution is -2.33. The molecule has 0 fully saturated rings. The topological polar surface area (TPSA) is 70.7 Å². The number of aromatic nitrogens is 3. The molecule has 0 unspecified atom stereocenters. The van der Waals surface area contributed by atoms with E-state index in [0.717, 1.165) is 12.8 Å². The molecule has 2 N–H and O–H groups in total. The summed E-state index contributed by atoms with van der Waals surface area (Å²) in [4.78, 5) is 16.0. The van der Waals surface area contributed by atoms with Gasteiger partial charge >= 0.3 is 0 Å². The second-order valence-corrected chi connectivity index (χ2v) is 5.93. The molecule has 0 aliphatic rings. The monoisotopic (exact) mass is 322 g/mol. The molecule has 2 aromatic rings. The summed E-state index contributed by atoms with van der Waals surface area (Å²) in [5.41, 5.74) is 0.364. The van der Waals surface area contributed by atoms with Gasteiger partial charge in [0.2, 0.25) is 11.1 Å². The summed E-state index contributed by atoms with van der Waals surface area (Å²) in [5.74, 6) is 0.188. The summed E-state index contributed by atoms with van der Waals surface area (Å²) < 4.78 is 13.7. The molecule has 1 atom stereocenters. The summed E-state index contributed by atoms with van der Waals surface area (Å²) in [5, 5.41) is 10.0. The number of H-pyrrole nitrogens is 1. The molecule has 1 aromatic carbocycles. The van der Waals surface area contributed by atoms with E-state index in [2.05, 4.69) is 27.4 Å². The minimum absolute atomic E-state index is 0.0526. The smallest absolute Gasteiger partial charge is 0.230 e. The number of rotatable bonds is 7. The predicted octanol–water partition coefficient (Wildman–Crippen LogP) is 3.01. The number of nitrogens with one attached hydrogen (secondary N) is 2. The van der Waals surface area contributed by atoms with Gasteiger partial charge in [-0.05, 0) is 25.5 Å². The summed E-state index contributed by atoms with van der Waals surface area (Å²) in [6.45, 7) is 4.06. The SMILES string of the molecule is CCC[C@H](C)NC(=O)CSc1n[nH]c(-c2ccccc2F)n1. The molecule has 1 amide bonds. The molecule has 0 saturated carbocycles. The van der Waals surface area contributed by atoms with Gasteiger partial charge in [0.05, 0.1) is 11.3 Å². The van der Waals surface area contributed by atoms with Gasteiger partial charge in [-0.2, -0.15) is 0 Å². The Kier molecular flexibility index (Phi) is 5.94. The van der Waals surface area contributed by atoms with Gasteiger partial charge in [0.25, 0.3) is 0 Å². The van der Waals surface area contributed by atoms with Crippen LogP contribution >= 0.6 is 11.8 Å². The third-order valence-corrected chi connectivity index (χ3v) is 3.90. The molecule has 22 heavy (non-hydrogen) atoms. The fourth-order valence-electron chi connectivity index (χ4n) is 2.04. The van der Waals surface area contributed by atoms with Gasteiger partial charge in [-0.25, -0.2) is 9.37 Å². The molecule has 0 bridgehead atoms. The van der Waals surface area contributed by atoms with Crippen molar-refractivity contribution in [3.8, 4) is 11.4 Å². The number of thioether (sulfide) groups is 1. The Bertz CT molecular complexity index is 632. The number of amides is 1. The summed E-state index contributed by atoms with van der Waals surface area (Å²) in [7, 11) is 0. The molecule has 0 aliphatic carbocycles. The van der Waals surface area contributed by atoms with Crippen LogP contribution in [0.2, 0.25) is 0 Å². The highest BCUT2D eigenvalue weighted by molar-refractivity contribution is 7.99. The van der Waals surface area contributed by atoms with Gasteiger partial charge in [0, 0.05) is 6.04 Å². The number of halogens is 1. The maximum atomic E-state index is 13.7. The molecule has 7 heteroatoms. The van der Waals surface area contributed by atoms with E-state index in [0.29, 0.717) is 16.5 Å². The van der Waals surface area contributed by atoms with Crippen LogP contribution in [0.5, 0.6) is 0 Å². The van der Waals surface area contributed by atoms with Gasteiger partial charge in [-0.1, -0.05) is 37.2 Å². The zero-order chi connectivity index (χ0) is 15.9. The molecule has 1 aromatic heterocycles. The van der Waals surface area contributed by atoms with Crippen LogP contribution in [0.25, 0.3) is 11.4 Å². The van der Waals surface area contributed by atoms with Crippen molar-refractivity contribution in [2.24, 2.45) is 0 Å². The fraction of sp³-hybridized carbons (Fsp3) is 0.400. The summed E-state index contributed by atoms with van der Waals surface area (Å²) in [6, 6.07) is 6.51. The first kappa shape index (κ1) is 16.5. The number of nitrogens with zero attached hydrogens (tertiary/aromatic N) is 2. The van der Waals surface area contributed by atoms with E-state index in [1.54, 1.807) is 18.2 Å². The van der Waals surface area contributed by atoms with Crippen molar-refractivity contribution in [3.63, 3.8) is 0 Å². The number of carbonyl (C=O) groups is 1. The van der Waals surface area contributed by atoms with Crippen molar-refractivity contribution in [3.05, 3.63) is 30.1 Å². The molecule has 0 saturated heterocycles. The molecule has 0 spiro atoms. The molecule has 5 nitrogen and oxygen atoms in total. The van der Waals surface area contributed by atoms with Crippen molar-refractivity contribution in [2.75, 3.05) is 5.75 Å². The molecule has 2 rings (SSSR count). The summed E-state index contributed by atoms with van der Waals surface area (Å²) >= 11 is 1.22. The minimum Gasteiger partial charge on any atom is -0.353 e. The lowest BCUT2D eigenvalue weighted by molar-refractivity contribution is -0.119. The Morgan fingerprint density at radius 3 is 2.95 bits per heavy atom. The lowest BCUT2D eigenvalue weighted by atomic mass is 10.2. The van der Waals surface area contributed by atoms with E-state index < -0.39 is 0 Å². The maximum absolute atomic E-state index is 13.7. The second kappa shape index (κ2) is 7.93. The van der Waals surface area contributed by atoms with Crippen LogP contribution in [0.15, 0.2) is 29.4 Å². The van der Waals surface area contributed by atoms with E-state index in [4.69, 9.17) is 0 Å². The van der Waals surface area contributed by atoms with Crippen molar-refractivity contribution >= 4 is 17.7 Å². The Morgan fingerprint density at radius 1 is 1.45 bits per heavy atom. The lowest BCUT2D eigenvalue weighted by Gasteiger charge is -2.11. The van der Waals surface area contributed by atoms with E-state index in [-0.39, 0.29) is 23.5 Å². The highest BCUT2D eigenvalue weighted by Crippen LogP contribution is 2.21. The van der Waals surface area contributed by atoms with E-state index in [1.165, 1.54) is 17.8 Å². The van der Waals surface area contributed by atoms with E-state index in [1.807, 2.05) is 6.92 Å². The molecule has 0 radical (unpaired) electrons. The van der Waals surface area contributed by atoms with Crippen LogP contribution in [0.4, 0.5) is 4.39 Å². The highest BCUT2D eigenvalue weighted by atomic mass is 32.2. The van der Waals surface area contributed by atoms with Gasteiger partial charge in [-0.3, -0.25) is 9.89 Å². The average Bonchev–Trinajstić information content (AvgIpc) is 2.94. The second-order valence-electron chi connectivity index (χ2n) is 4.99. The average molecular weight is 322 g/mol. The van der Waals surface area contributed by atoms with Crippen LogP contribution in [0, 0.1) is 5.82 Å². The first-order chi connectivity index (χ1) is 10.6. The highest BCUT2D eigenvalue weighted by Gasteiger charge is 2.12. The Hall–Kier alpha value is -1.89. The Morgan fingerprint density at radius 2 is 2.23 bits per heavy atom. The zero-order valence-corrected chi connectivity index (χ0v) is 13.4. The number of carbonyl (C=O) groups excluding carboxylic acids is 1.